The van der Waals surface area contributed by atoms with Crippen LogP contribution in [0.5, 0.6) is 0 Å². The predicted octanol–water partition coefficient (Wildman–Crippen LogP) is 1.80. The number of aryl methyl sites for hydroxylation is 1. The molecule has 1 aliphatic rings. The van der Waals surface area contributed by atoms with Crippen LogP contribution in [-0.4, -0.2) is 44.1 Å². The first-order valence-electron chi connectivity index (χ1n) is 8.03. The van der Waals surface area contributed by atoms with Crippen molar-refractivity contribution in [2.75, 3.05) is 13.1 Å². The Kier molecular flexibility index (Phi) is 4.30. The number of benzene rings is 1. The number of hydrogen-bond acceptors (Lipinski definition) is 5. The molecule has 0 aliphatic carbocycles. The summed E-state index contributed by atoms with van der Waals surface area (Å²) in [4.78, 5) is 14.4. The lowest BCUT2D eigenvalue weighted by molar-refractivity contribution is 0.0630. The molecule has 1 aliphatic heterocycles. The summed E-state index contributed by atoms with van der Waals surface area (Å²) >= 11 is 0. The number of tetrazole rings is 1. The van der Waals surface area contributed by atoms with E-state index in [0.717, 1.165) is 24.2 Å². The van der Waals surface area contributed by atoms with Crippen LogP contribution in [0.2, 0.25) is 0 Å². The van der Waals surface area contributed by atoms with E-state index in [1.807, 2.05) is 38.1 Å². The molecule has 1 unspecified atom stereocenters. The Morgan fingerprint density at radius 3 is 2.75 bits per heavy atom. The summed E-state index contributed by atoms with van der Waals surface area (Å²) in [7, 11) is 0. The average molecular weight is 324 g/mol. The summed E-state index contributed by atoms with van der Waals surface area (Å²) in [5.74, 6) is 0.737. The van der Waals surface area contributed by atoms with Crippen molar-refractivity contribution < 1.29 is 4.79 Å². The summed E-state index contributed by atoms with van der Waals surface area (Å²) < 4.78 is 1.71. The van der Waals surface area contributed by atoms with Gasteiger partial charge < -0.3 is 4.90 Å². The number of carbonyl (C=O) groups excluding carboxylic acids is 1. The van der Waals surface area contributed by atoms with E-state index < -0.39 is 5.41 Å². The maximum atomic E-state index is 12.7. The summed E-state index contributed by atoms with van der Waals surface area (Å²) in [6.45, 7) is 5.55. The molecule has 0 radical (unpaired) electrons. The van der Waals surface area contributed by atoms with Gasteiger partial charge in [-0.3, -0.25) is 4.79 Å². The van der Waals surface area contributed by atoms with E-state index in [9.17, 15) is 10.1 Å². The Morgan fingerprint density at radius 1 is 1.38 bits per heavy atom. The molecule has 1 atom stereocenters. The number of aromatic nitrogens is 4. The maximum Gasteiger partial charge on any atom is 0.253 e. The van der Waals surface area contributed by atoms with Gasteiger partial charge in [0.25, 0.3) is 5.91 Å². The molecule has 0 N–H and O–H groups in total. The monoisotopic (exact) mass is 324 g/mol. The lowest BCUT2D eigenvalue weighted by Crippen LogP contribution is -2.44. The summed E-state index contributed by atoms with van der Waals surface area (Å²) in [5.41, 5.74) is 1.24. The highest BCUT2D eigenvalue weighted by Gasteiger charge is 2.33. The molecule has 1 aromatic heterocycles. The van der Waals surface area contributed by atoms with Crippen LogP contribution in [0.25, 0.3) is 0 Å². The summed E-state index contributed by atoms with van der Waals surface area (Å²) in [6, 6.07) is 9.84. The molecule has 3 rings (SSSR count). The smallest absolute Gasteiger partial charge is 0.253 e. The van der Waals surface area contributed by atoms with Crippen LogP contribution in [-0.2, 0) is 6.54 Å². The second-order valence-electron chi connectivity index (χ2n) is 6.58. The second kappa shape index (κ2) is 6.40. The third-order valence-electron chi connectivity index (χ3n) is 4.50. The van der Waals surface area contributed by atoms with Crippen LogP contribution >= 0.6 is 0 Å². The van der Waals surface area contributed by atoms with Crippen molar-refractivity contribution in [2.24, 2.45) is 5.41 Å². The van der Waals surface area contributed by atoms with Crippen molar-refractivity contribution in [1.29, 1.82) is 5.26 Å². The van der Waals surface area contributed by atoms with Gasteiger partial charge in [0.05, 0.1) is 18.0 Å². The number of nitrogens with zero attached hydrogens (tertiary/aromatic N) is 6. The topological polar surface area (TPSA) is 87.7 Å². The molecule has 0 saturated carbocycles. The van der Waals surface area contributed by atoms with E-state index in [4.69, 9.17) is 0 Å². The number of nitriles is 1. The zero-order chi connectivity index (χ0) is 17.2. The molecular formula is C17H20N6O. The van der Waals surface area contributed by atoms with Gasteiger partial charge in [-0.1, -0.05) is 12.1 Å². The average Bonchev–Trinajstić information content (AvgIpc) is 3.00. The van der Waals surface area contributed by atoms with Crippen LogP contribution in [0.3, 0.4) is 0 Å². The highest BCUT2D eigenvalue weighted by atomic mass is 16.2. The Labute approximate surface area is 140 Å². The fraction of sp³-hybridized carbons (Fsp3) is 0.471. The van der Waals surface area contributed by atoms with Gasteiger partial charge in [-0.2, -0.15) is 5.26 Å². The Hall–Kier alpha value is -2.75. The van der Waals surface area contributed by atoms with Crippen molar-refractivity contribution in [2.45, 2.75) is 33.2 Å². The van der Waals surface area contributed by atoms with Crippen LogP contribution in [0.4, 0.5) is 0 Å². The zero-order valence-corrected chi connectivity index (χ0v) is 13.9. The van der Waals surface area contributed by atoms with Gasteiger partial charge >= 0.3 is 0 Å². The molecule has 7 heteroatoms. The van der Waals surface area contributed by atoms with Gasteiger partial charge in [0.15, 0.2) is 0 Å². The Morgan fingerprint density at radius 2 is 2.12 bits per heavy atom. The van der Waals surface area contributed by atoms with Crippen LogP contribution in [0.15, 0.2) is 24.3 Å². The van der Waals surface area contributed by atoms with Crippen molar-refractivity contribution in [1.82, 2.24) is 25.1 Å². The molecule has 0 spiro atoms. The highest BCUT2D eigenvalue weighted by molar-refractivity contribution is 5.94. The van der Waals surface area contributed by atoms with E-state index in [0.29, 0.717) is 25.2 Å². The molecule has 1 aromatic carbocycles. The molecule has 2 aromatic rings. The molecule has 0 bridgehead atoms. The summed E-state index contributed by atoms with van der Waals surface area (Å²) in [6.07, 6.45) is 1.71. The zero-order valence-electron chi connectivity index (χ0n) is 13.9. The normalized spacial score (nSPS) is 20.6. The minimum atomic E-state index is -0.439. The van der Waals surface area contributed by atoms with Gasteiger partial charge in [-0.25, -0.2) is 4.68 Å². The van der Waals surface area contributed by atoms with Crippen molar-refractivity contribution in [3.8, 4) is 6.07 Å². The number of carbonyl (C=O) groups is 1. The van der Waals surface area contributed by atoms with E-state index in [1.54, 1.807) is 9.58 Å². The van der Waals surface area contributed by atoms with Gasteiger partial charge in [-0.15, -0.1) is 5.10 Å². The Bertz CT molecular complexity index is 775. The molecule has 1 fully saturated rings. The summed E-state index contributed by atoms with van der Waals surface area (Å²) in [5, 5.41) is 20.7. The predicted molar refractivity (Wildman–Crippen MR) is 87.0 cm³/mol. The molecule has 1 saturated heterocycles. The quantitative estimate of drug-likeness (QED) is 0.859. The number of hydrogen-bond donors (Lipinski definition) is 0. The van der Waals surface area contributed by atoms with Gasteiger partial charge in [-0.05, 0) is 54.8 Å². The SMILES string of the molecule is Cc1nnnn1Cc1ccc(C(=O)N2CCCC(C)(C#N)C2)cc1. The van der Waals surface area contributed by atoms with Crippen LogP contribution in [0, 0.1) is 23.7 Å². The number of amides is 1. The van der Waals surface area contributed by atoms with E-state index >= 15 is 0 Å². The van der Waals surface area contributed by atoms with Crippen LogP contribution < -0.4 is 0 Å². The largest absolute Gasteiger partial charge is 0.337 e. The first kappa shape index (κ1) is 16.1. The number of piperidine rings is 1. The second-order valence-corrected chi connectivity index (χ2v) is 6.58. The fourth-order valence-corrected chi connectivity index (χ4v) is 3.01. The lowest BCUT2D eigenvalue weighted by Gasteiger charge is -2.36. The molecule has 24 heavy (non-hydrogen) atoms. The molecular weight excluding hydrogens is 304 g/mol. The molecule has 7 nitrogen and oxygen atoms in total. The van der Waals surface area contributed by atoms with E-state index in [-0.39, 0.29) is 5.91 Å². The number of likely N-dealkylation sites (tertiary alicyclic amines) is 1. The van der Waals surface area contributed by atoms with Crippen molar-refractivity contribution in [3.05, 3.63) is 41.2 Å². The number of rotatable bonds is 3. The van der Waals surface area contributed by atoms with Crippen LogP contribution in [0.1, 0.15) is 41.5 Å². The van der Waals surface area contributed by atoms with E-state index in [1.165, 1.54) is 0 Å². The first-order chi connectivity index (χ1) is 11.5. The minimum absolute atomic E-state index is 0.0127. The minimum Gasteiger partial charge on any atom is -0.337 e. The maximum absolute atomic E-state index is 12.7. The standard InChI is InChI=1S/C17H20N6O/c1-13-19-20-21-23(13)10-14-4-6-15(7-5-14)16(24)22-9-3-8-17(2,11-18)12-22/h4-7H,3,8-10,12H2,1-2H3. The third-order valence-corrected chi connectivity index (χ3v) is 4.50. The fourth-order valence-electron chi connectivity index (χ4n) is 3.01. The van der Waals surface area contributed by atoms with Gasteiger partial charge in [0.2, 0.25) is 0 Å². The highest BCUT2D eigenvalue weighted by Crippen LogP contribution is 2.29. The third kappa shape index (κ3) is 3.27. The van der Waals surface area contributed by atoms with Crippen molar-refractivity contribution in [3.63, 3.8) is 0 Å². The van der Waals surface area contributed by atoms with E-state index in [2.05, 4.69) is 21.6 Å². The first-order valence-corrected chi connectivity index (χ1v) is 8.03. The molecule has 124 valence electrons. The molecule has 2 heterocycles. The van der Waals surface area contributed by atoms with Crippen molar-refractivity contribution >= 4 is 5.91 Å². The van der Waals surface area contributed by atoms with Gasteiger partial charge in [0, 0.05) is 18.7 Å². The van der Waals surface area contributed by atoms with Gasteiger partial charge in [0.1, 0.15) is 5.82 Å². The Balaban J connectivity index is 1.70. The lowest BCUT2D eigenvalue weighted by atomic mass is 9.83. The molecule has 1 amide bonds.